The minimum Gasteiger partial charge on any atom is -0.313 e. The van der Waals surface area contributed by atoms with Gasteiger partial charge in [-0.15, -0.1) is 0 Å². The van der Waals surface area contributed by atoms with Gasteiger partial charge in [0.15, 0.2) is 0 Å². The molecule has 0 aliphatic heterocycles. The maximum absolute atomic E-state index is 4.02. The van der Waals surface area contributed by atoms with E-state index in [9.17, 15) is 0 Å². The third-order valence-electron chi connectivity index (χ3n) is 2.67. The summed E-state index contributed by atoms with van der Waals surface area (Å²) >= 11 is 0. The Morgan fingerprint density at radius 2 is 2.06 bits per heavy atom. The minimum atomic E-state index is 0.562. The van der Waals surface area contributed by atoms with Crippen LogP contribution in [0.4, 0.5) is 0 Å². The maximum Gasteiger partial charge on any atom is 0.0270 e. The topological polar surface area (TPSA) is 28.2 Å². The standard InChI is InChI=1S/C13H23N3/c1-4-15-12(2)11-16(3)10-7-13-5-8-14-9-6-13/h5-6,8-9,12,15H,4,7,10-11H2,1-3H3. The van der Waals surface area contributed by atoms with E-state index in [1.165, 1.54) is 5.56 Å². The van der Waals surface area contributed by atoms with Crippen LogP contribution in [-0.4, -0.2) is 42.6 Å². The van der Waals surface area contributed by atoms with Crippen molar-refractivity contribution < 1.29 is 0 Å². The fourth-order valence-electron chi connectivity index (χ4n) is 1.84. The van der Waals surface area contributed by atoms with Crippen LogP contribution < -0.4 is 5.32 Å². The highest BCUT2D eigenvalue weighted by molar-refractivity contribution is 5.09. The van der Waals surface area contributed by atoms with Crippen molar-refractivity contribution in [3.8, 4) is 0 Å². The van der Waals surface area contributed by atoms with E-state index >= 15 is 0 Å². The van der Waals surface area contributed by atoms with Crippen LogP contribution in [0.2, 0.25) is 0 Å². The van der Waals surface area contributed by atoms with E-state index < -0.39 is 0 Å². The summed E-state index contributed by atoms with van der Waals surface area (Å²) in [7, 11) is 2.18. The Morgan fingerprint density at radius 1 is 1.38 bits per heavy atom. The van der Waals surface area contributed by atoms with E-state index in [-0.39, 0.29) is 0 Å². The average Bonchev–Trinajstić information content (AvgIpc) is 2.28. The lowest BCUT2D eigenvalue weighted by atomic mass is 10.2. The van der Waals surface area contributed by atoms with Gasteiger partial charge < -0.3 is 10.2 Å². The molecule has 0 aromatic carbocycles. The Morgan fingerprint density at radius 3 is 2.69 bits per heavy atom. The molecule has 0 fully saturated rings. The van der Waals surface area contributed by atoms with E-state index in [1.807, 2.05) is 12.4 Å². The fourth-order valence-corrected chi connectivity index (χ4v) is 1.84. The van der Waals surface area contributed by atoms with Gasteiger partial charge in [-0.3, -0.25) is 4.98 Å². The zero-order valence-electron chi connectivity index (χ0n) is 10.6. The molecule has 1 aromatic rings. The van der Waals surface area contributed by atoms with Crippen LogP contribution in [0.5, 0.6) is 0 Å². The summed E-state index contributed by atoms with van der Waals surface area (Å²) in [4.78, 5) is 6.39. The Bertz CT molecular complexity index is 274. The molecule has 1 heterocycles. The normalized spacial score (nSPS) is 13.0. The van der Waals surface area contributed by atoms with Crippen molar-refractivity contribution in [1.29, 1.82) is 0 Å². The number of aromatic nitrogens is 1. The molecule has 3 nitrogen and oxygen atoms in total. The molecule has 1 aromatic heterocycles. The van der Waals surface area contributed by atoms with Gasteiger partial charge >= 0.3 is 0 Å². The summed E-state index contributed by atoms with van der Waals surface area (Å²) in [6, 6.07) is 4.73. The molecule has 0 spiro atoms. The Hall–Kier alpha value is -0.930. The highest BCUT2D eigenvalue weighted by Gasteiger charge is 2.04. The summed E-state index contributed by atoms with van der Waals surface area (Å²) in [5.74, 6) is 0. The molecule has 16 heavy (non-hydrogen) atoms. The maximum atomic E-state index is 4.02. The lowest BCUT2D eigenvalue weighted by molar-refractivity contribution is 0.301. The molecular formula is C13H23N3. The van der Waals surface area contributed by atoms with Crippen LogP contribution in [0.15, 0.2) is 24.5 Å². The first-order chi connectivity index (χ1) is 7.72. The third kappa shape index (κ3) is 5.24. The molecule has 0 amide bonds. The average molecular weight is 221 g/mol. The first-order valence-electron chi connectivity index (χ1n) is 6.03. The SMILES string of the molecule is CCNC(C)CN(C)CCc1ccncc1. The van der Waals surface area contributed by atoms with Crippen molar-refractivity contribution >= 4 is 0 Å². The summed E-state index contributed by atoms with van der Waals surface area (Å²) in [6.45, 7) is 7.61. The highest BCUT2D eigenvalue weighted by Crippen LogP contribution is 1.99. The van der Waals surface area contributed by atoms with Gasteiger partial charge in [-0.25, -0.2) is 0 Å². The van der Waals surface area contributed by atoms with Gasteiger partial charge in [-0.2, -0.15) is 0 Å². The van der Waals surface area contributed by atoms with Crippen molar-refractivity contribution in [2.24, 2.45) is 0 Å². The molecule has 1 unspecified atom stereocenters. The highest BCUT2D eigenvalue weighted by atomic mass is 15.1. The number of nitrogens with one attached hydrogen (secondary N) is 1. The quantitative estimate of drug-likeness (QED) is 0.757. The van der Waals surface area contributed by atoms with Crippen LogP contribution in [0, 0.1) is 0 Å². The second-order valence-electron chi connectivity index (χ2n) is 4.33. The summed E-state index contributed by atoms with van der Waals surface area (Å²) < 4.78 is 0. The summed E-state index contributed by atoms with van der Waals surface area (Å²) in [6.07, 6.45) is 4.81. The van der Waals surface area contributed by atoms with Crippen molar-refractivity contribution in [2.75, 3.05) is 26.7 Å². The molecule has 0 aliphatic carbocycles. The fraction of sp³-hybridized carbons (Fsp3) is 0.615. The largest absolute Gasteiger partial charge is 0.313 e. The van der Waals surface area contributed by atoms with Crippen LogP contribution in [0.3, 0.4) is 0 Å². The molecule has 0 radical (unpaired) electrons. The number of hydrogen-bond acceptors (Lipinski definition) is 3. The molecule has 0 saturated heterocycles. The number of likely N-dealkylation sites (N-methyl/N-ethyl adjacent to an activating group) is 2. The molecule has 1 rings (SSSR count). The molecule has 0 bridgehead atoms. The van der Waals surface area contributed by atoms with E-state index in [0.717, 1.165) is 26.1 Å². The van der Waals surface area contributed by atoms with Gasteiger partial charge in [0.1, 0.15) is 0 Å². The predicted octanol–water partition coefficient (Wildman–Crippen LogP) is 1.55. The van der Waals surface area contributed by atoms with Crippen LogP contribution in [0.1, 0.15) is 19.4 Å². The summed E-state index contributed by atoms with van der Waals surface area (Å²) in [5, 5.41) is 3.42. The minimum absolute atomic E-state index is 0.562. The number of rotatable bonds is 7. The molecule has 1 atom stereocenters. The Balaban J connectivity index is 2.22. The molecule has 0 saturated carbocycles. The van der Waals surface area contributed by atoms with E-state index in [0.29, 0.717) is 6.04 Å². The van der Waals surface area contributed by atoms with Crippen LogP contribution in [-0.2, 0) is 6.42 Å². The molecule has 3 heteroatoms. The zero-order chi connectivity index (χ0) is 11.8. The molecule has 0 aliphatic rings. The second kappa shape index (κ2) is 7.36. The van der Waals surface area contributed by atoms with Crippen molar-refractivity contribution in [3.63, 3.8) is 0 Å². The van der Waals surface area contributed by atoms with Crippen molar-refractivity contribution in [1.82, 2.24) is 15.2 Å². The molecule has 1 N–H and O–H groups in total. The van der Waals surface area contributed by atoms with Crippen molar-refractivity contribution in [2.45, 2.75) is 26.3 Å². The number of pyridine rings is 1. The van der Waals surface area contributed by atoms with E-state index in [4.69, 9.17) is 0 Å². The second-order valence-corrected chi connectivity index (χ2v) is 4.33. The van der Waals surface area contributed by atoms with Gasteiger partial charge in [-0.05, 0) is 44.6 Å². The third-order valence-corrected chi connectivity index (χ3v) is 2.67. The Labute approximate surface area is 98.9 Å². The lowest BCUT2D eigenvalue weighted by Gasteiger charge is -2.21. The number of nitrogens with zero attached hydrogens (tertiary/aromatic N) is 2. The van der Waals surface area contributed by atoms with Gasteiger partial charge in [0.2, 0.25) is 0 Å². The first kappa shape index (κ1) is 13.1. The Kier molecular flexibility index (Phi) is 6.04. The van der Waals surface area contributed by atoms with E-state index in [1.54, 1.807) is 0 Å². The first-order valence-corrected chi connectivity index (χ1v) is 6.03. The smallest absolute Gasteiger partial charge is 0.0270 e. The monoisotopic (exact) mass is 221 g/mol. The number of hydrogen-bond donors (Lipinski definition) is 1. The van der Waals surface area contributed by atoms with Crippen molar-refractivity contribution in [3.05, 3.63) is 30.1 Å². The molecule has 90 valence electrons. The van der Waals surface area contributed by atoms with Gasteiger partial charge in [0, 0.05) is 31.5 Å². The predicted molar refractivity (Wildman–Crippen MR) is 68.6 cm³/mol. The van der Waals surface area contributed by atoms with Crippen LogP contribution >= 0.6 is 0 Å². The zero-order valence-corrected chi connectivity index (χ0v) is 10.6. The van der Waals surface area contributed by atoms with E-state index in [2.05, 4.69) is 48.2 Å². The summed E-state index contributed by atoms with van der Waals surface area (Å²) in [5.41, 5.74) is 1.36. The van der Waals surface area contributed by atoms with Gasteiger partial charge in [0.25, 0.3) is 0 Å². The lowest BCUT2D eigenvalue weighted by Crippen LogP contribution is -2.38. The van der Waals surface area contributed by atoms with Gasteiger partial charge in [0.05, 0.1) is 0 Å². The van der Waals surface area contributed by atoms with Gasteiger partial charge in [-0.1, -0.05) is 6.92 Å². The van der Waals surface area contributed by atoms with Crippen LogP contribution in [0.25, 0.3) is 0 Å². The molecular weight excluding hydrogens is 198 g/mol.